The molecular weight excluding hydrogens is 206 g/mol. The van der Waals surface area contributed by atoms with Gasteiger partial charge in [0.2, 0.25) is 11.8 Å². The van der Waals surface area contributed by atoms with E-state index in [9.17, 15) is 9.59 Å². The molecule has 0 bridgehead atoms. The van der Waals surface area contributed by atoms with Crippen LogP contribution in [0.25, 0.3) is 0 Å². The van der Waals surface area contributed by atoms with Gasteiger partial charge in [0.1, 0.15) is 0 Å². The van der Waals surface area contributed by atoms with Crippen LogP contribution in [-0.4, -0.2) is 23.3 Å². The minimum absolute atomic E-state index is 0.0746. The van der Waals surface area contributed by atoms with E-state index in [2.05, 4.69) is 4.98 Å². The van der Waals surface area contributed by atoms with Crippen LogP contribution in [0.1, 0.15) is 12.1 Å². The van der Waals surface area contributed by atoms with Gasteiger partial charge in [0, 0.05) is 18.7 Å². The van der Waals surface area contributed by atoms with Gasteiger partial charge in [-0.15, -0.1) is 0 Å². The largest absolute Gasteiger partial charge is 0.369 e. The fourth-order valence-electron chi connectivity index (χ4n) is 1.77. The number of amides is 2. The van der Waals surface area contributed by atoms with E-state index in [0.717, 1.165) is 11.4 Å². The highest BCUT2D eigenvalue weighted by Crippen LogP contribution is 2.24. The summed E-state index contributed by atoms with van der Waals surface area (Å²) in [6.07, 6.45) is 1.83. The molecule has 1 aliphatic rings. The van der Waals surface area contributed by atoms with Crippen molar-refractivity contribution >= 4 is 17.5 Å². The van der Waals surface area contributed by atoms with Gasteiger partial charge >= 0.3 is 0 Å². The predicted molar refractivity (Wildman–Crippen MR) is 58.6 cm³/mol. The molecule has 0 radical (unpaired) electrons. The fourth-order valence-corrected chi connectivity index (χ4v) is 1.77. The number of anilines is 1. The number of rotatable bonds is 2. The SMILES string of the molecule is Cc1ccc(N2CC(C(N)=O)CC2=O)cn1. The van der Waals surface area contributed by atoms with Crippen LogP contribution in [-0.2, 0) is 9.59 Å². The van der Waals surface area contributed by atoms with Crippen LogP contribution in [0.4, 0.5) is 5.69 Å². The Morgan fingerprint density at radius 1 is 1.56 bits per heavy atom. The lowest BCUT2D eigenvalue weighted by Crippen LogP contribution is -2.28. The molecule has 2 heterocycles. The number of primary amides is 1. The van der Waals surface area contributed by atoms with Gasteiger partial charge < -0.3 is 10.6 Å². The number of aryl methyl sites for hydroxylation is 1. The van der Waals surface area contributed by atoms with Gasteiger partial charge in [-0.05, 0) is 19.1 Å². The van der Waals surface area contributed by atoms with Gasteiger partial charge in [0.15, 0.2) is 0 Å². The average molecular weight is 219 g/mol. The lowest BCUT2D eigenvalue weighted by molar-refractivity contribution is -0.123. The topological polar surface area (TPSA) is 76.3 Å². The van der Waals surface area contributed by atoms with Crippen LogP contribution in [0.2, 0.25) is 0 Å². The highest BCUT2D eigenvalue weighted by Gasteiger charge is 2.33. The van der Waals surface area contributed by atoms with Gasteiger partial charge in [0.25, 0.3) is 0 Å². The van der Waals surface area contributed by atoms with E-state index in [1.165, 1.54) is 0 Å². The highest BCUT2D eigenvalue weighted by atomic mass is 16.2. The summed E-state index contributed by atoms with van der Waals surface area (Å²) in [7, 11) is 0. The quantitative estimate of drug-likeness (QED) is 0.773. The maximum atomic E-state index is 11.7. The monoisotopic (exact) mass is 219 g/mol. The van der Waals surface area contributed by atoms with Gasteiger partial charge in [-0.25, -0.2) is 0 Å². The Balaban J connectivity index is 2.20. The smallest absolute Gasteiger partial charge is 0.227 e. The highest BCUT2D eigenvalue weighted by molar-refractivity contribution is 5.99. The molecule has 0 spiro atoms. The molecule has 1 fully saturated rings. The number of nitrogens with two attached hydrogens (primary N) is 1. The Bertz CT molecular complexity index is 427. The van der Waals surface area contributed by atoms with Crippen LogP contribution >= 0.6 is 0 Å². The average Bonchev–Trinajstić information content (AvgIpc) is 2.62. The zero-order chi connectivity index (χ0) is 11.7. The standard InChI is InChI=1S/C11H13N3O2/c1-7-2-3-9(5-13-7)14-6-8(11(12)16)4-10(14)15/h2-3,5,8H,4,6H2,1H3,(H2,12,16). The number of aromatic nitrogens is 1. The van der Waals surface area contributed by atoms with Crippen molar-refractivity contribution in [2.75, 3.05) is 11.4 Å². The van der Waals surface area contributed by atoms with Crippen molar-refractivity contribution < 1.29 is 9.59 Å². The summed E-state index contributed by atoms with van der Waals surface area (Å²) in [5.41, 5.74) is 6.80. The van der Waals surface area contributed by atoms with Crippen LogP contribution < -0.4 is 10.6 Å². The Morgan fingerprint density at radius 3 is 2.81 bits per heavy atom. The summed E-state index contributed by atoms with van der Waals surface area (Å²) in [6, 6.07) is 3.66. The Labute approximate surface area is 93.3 Å². The van der Waals surface area contributed by atoms with Gasteiger partial charge in [-0.1, -0.05) is 0 Å². The second kappa shape index (κ2) is 3.92. The molecule has 1 unspecified atom stereocenters. The van der Waals surface area contributed by atoms with Gasteiger partial charge in [-0.3, -0.25) is 14.6 Å². The molecule has 2 rings (SSSR count). The molecule has 0 aliphatic carbocycles. The number of hydrogen-bond acceptors (Lipinski definition) is 3. The van der Waals surface area contributed by atoms with Gasteiger partial charge in [-0.2, -0.15) is 0 Å². The minimum Gasteiger partial charge on any atom is -0.369 e. The molecule has 0 aromatic carbocycles. The number of carbonyl (C=O) groups excluding carboxylic acids is 2. The number of carbonyl (C=O) groups is 2. The first-order valence-electron chi connectivity index (χ1n) is 5.10. The summed E-state index contributed by atoms with van der Waals surface area (Å²) in [6.45, 7) is 2.24. The Hall–Kier alpha value is -1.91. The third kappa shape index (κ3) is 1.88. The van der Waals surface area contributed by atoms with Crippen LogP contribution in [0, 0.1) is 12.8 Å². The van der Waals surface area contributed by atoms with E-state index in [0.29, 0.717) is 6.54 Å². The maximum absolute atomic E-state index is 11.7. The third-order valence-corrected chi connectivity index (χ3v) is 2.73. The first kappa shape index (κ1) is 10.6. The molecule has 2 N–H and O–H groups in total. The third-order valence-electron chi connectivity index (χ3n) is 2.73. The van der Waals surface area contributed by atoms with Gasteiger partial charge in [0.05, 0.1) is 17.8 Å². The van der Waals surface area contributed by atoms with Crippen molar-refractivity contribution in [1.82, 2.24) is 4.98 Å². The van der Waals surface area contributed by atoms with Crippen molar-refractivity contribution in [3.8, 4) is 0 Å². The summed E-state index contributed by atoms with van der Waals surface area (Å²) in [4.78, 5) is 28.3. The second-order valence-electron chi connectivity index (χ2n) is 3.97. The summed E-state index contributed by atoms with van der Waals surface area (Å²) >= 11 is 0. The Morgan fingerprint density at radius 2 is 2.31 bits per heavy atom. The molecule has 0 saturated carbocycles. The molecule has 5 nitrogen and oxygen atoms in total. The number of hydrogen-bond donors (Lipinski definition) is 1. The zero-order valence-corrected chi connectivity index (χ0v) is 9.01. The van der Waals surface area contributed by atoms with Crippen LogP contribution in [0.15, 0.2) is 18.3 Å². The van der Waals surface area contributed by atoms with Crippen molar-refractivity contribution in [2.45, 2.75) is 13.3 Å². The molecule has 16 heavy (non-hydrogen) atoms. The van der Waals surface area contributed by atoms with E-state index in [1.54, 1.807) is 11.1 Å². The first-order valence-corrected chi connectivity index (χ1v) is 5.10. The van der Waals surface area contributed by atoms with E-state index in [1.807, 2.05) is 19.1 Å². The summed E-state index contributed by atoms with van der Waals surface area (Å²) < 4.78 is 0. The van der Waals surface area contributed by atoms with E-state index in [4.69, 9.17) is 5.73 Å². The number of pyridine rings is 1. The molecule has 5 heteroatoms. The van der Waals surface area contributed by atoms with Crippen molar-refractivity contribution in [3.05, 3.63) is 24.0 Å². The van der Waals surface area contributed by atoms with Crippen molar-refractivity contribution in [1.29, 1.82) is 0 Å². The zero-order valence-electron chi connectivity index (χ0n) is 9.01. The number of nitrogens with zero attached hydrogens (tertiary/aromatic N) is 2. The molecule has 1 aromatic rings. The summed E-state index contributed by atoms with van der Waals surface area (Å²) in [5.74, 6) is -0.876. The van der Waals surface area contributed by atoms with Crippen LogP contribution in [0.5, 0.6) is 0 Å². The van der Waals surface area contributed by atoms with Crippen LogP contribution in [0.3, 0.4) is 0 Å². The maximum Gasteiger partial charge on any atom is 0.227 e. The molecule has 2 amide bonds. The van der Waals surface area contributed by atoms with Crippen molar-refractivity contribution in [2.24, 2.45) is 11.7 Å². The van der Waals surface area contributed by atoms with E-state index >= 15 is 0 Å². The van der Waals surface area contributed by atoms with E-state index in [-0.39, 0.29) is 18.2 Å². The second-order valence-corrected chi connectivity index (χ2v) is 3.97. The normalized spacial score (nSPS) is 20.2. The molecule has 84 valence electrons. The summed E-state index contributed by atoms with van der Waals surface area (Å²) in [5, 5.41) is 0. The first-order chi connectivity index (χ1) is 7.58. The van der Waals surface area contributed by atoms with E-state index < -0.39 is 5.91 Å². The predicted octanol–water partition coefficient (Wildman–Crippen LogP) is 0.228. The minimum atomic E-state index is -0.420. The fraction of sp³-hybridized carbons (Fsp3) is 0.364. The molecule has 1 aromatic heterocycles. The Kier molecular flexibility index (Phi) is 2.60. The molecular formula is C11H13N3O2. The molecule has 1 atom stereocenters. The lowest BCUT2D eigenvalue weighted by atomic mass is 10.1. The molecule has 1 aliphatic heterocycles. The van der Waals surface area contributed by atoms with Crippen molar-refractivity contribution in [3.63, 3.8) is 0 Å². The molecule has 1 saturated heterocycles. The lowest BCUT2D eigenvalue weighted by Gasteiger charge is -2.15.